The van der Waals surface area contributed by atoms with Crippen LogP contribution in [0.25, 0.3) is 11.0 Å². The lowest BCUT2D eigenvalue weighted by molar-refractivity contribution is -0.113. The molecule has 184 valence electrons. The highest BCUT2D eigenvalue weighted by Gasteiger charge is 2.24. The van der Waals surface area contributed by atoms with E-state index in [-0.39, 0.29) is 12.0 Å². The van der Waals surface area contributed by atoms with Gasteiger partial charge in [-0.2, -0.15) is 0 Å². The molecule has 1 fully saturated rings. The summed E-state index contributed by atoms with van der Waals surface area (Å²) in [6, 6.07) is 11.6. The number of aromatic nitrogens is 2. The van der Waals surface area contributed by atoms with E-state index in [9.17, 15) is 9.90 Å². The van der Waals surface area contributed by atoms with Gasteiger partial charge < -0.3 is 25.2 Å². The number of nitrogens with zero attached hydrogens (tertiary/aromatic N) is 3. The summed E-state index contributed by atoms with van der Waals surface area (Å²) in [5.41, 5.74) is 4.13. The van der Waals surface area contributed by atoms with Gasteiger partial charge in [-0.05, 0) is 29.8 Å². The first-order valence-electron chi connectivity index (χ1n) is 11.7. The van der Waals surface area contributed by atoms with Crippen LogP contribution in [0.3, 0.4) is 0 Å². The number of anilines is 1. The van der Waals surface area contributed by atoms with Crippen molar-refractivity contribution in [3.05, 3.63) is 53.7 Å². The Morgan fingerprint density at radius 2 is 2.26 bits per heavy atom. The van der Waals surface area contributed by atoms with Crippen LogP contribution in [0, 0.1) is 0 Å². The predicted molar refractivity (Wildman–Crippen MR) is 135 cm³/mol. The summed E-state index contributed by atoms with van der Waals surface area (Å²) in [5, 5.41) is 17.4. The summed E-state index contributed by atoms with van der Waals surface area (Å²) in [5.74, 6) is 1.01. The second kappa shape index (κ2) is 10.9. The number of β-amino-alcohol motifs (C(OH)–C–C–N with tert-alkyl or cyclic N) is 1. The molecule has 0 saturated carbocycles. The molecule has 0 radical (unpaired) electrons. The number of morpholine rings is 1. The zero-order valence-corrected chi connectivity index (χ0v) is 20.4. The minimum absolute atomic E-state index is 0.0243. The van der Waals surface area contributed by atoms with Crippen LogP contribution < -0.4 is 15.4 Å². The second-order valence-corrected chi connectivity index (χ2v) is 9.71. The lowest BCUT2D eigenvalue weighted by Crippen LogP contribution is -2.47. The zero-order valence-electron chi connectivity index (χ0n) is 19.6. The Hall–Kier alpha value is -2.76. The van der Waals surface area contributed by atoms with Gasteiger partial charge in [-0.3, -0.25) is 14.7 Å². The summed E-state index contributed by atoms with van der Waals surface area (Å²) >= 11 is 1.57. The first kappa shape index (κ1) is 24.0. The van der Waals surface area contributed by atoms with Gasteiger partial charge in [0.1, 0.15) is 0 Å². The molecule has 10 heteroatoms. The van der Waals surface area contributed by atoms with E-state index in [1.54, 1.807) is 31.1 Å². The Morgan fingerprint density at radius 1 is 1.34 bits per heavy atom. The fourth-order valence-corrected chi connectivity index (χ4v) is 5.23. The van der Waals surface area contributed by atoms with Crippen LogP contribution in [-0.2, 0) is 16.1 Å². The molecule has 5 rings (SSSR count). The Balaban J connectivity index is 1.15. The maximum Gasteiger partial charge on any atom is 0.234 e. The van der Waals surface area contributed by atoms with Crippen molar-refractivity contribution in [1.29, 1.82) is 0 Å². The monoisotopic (exact) mass is 495 g/mol. The van der Waals surface area contributed by atoms with Crippen LogP contribution in [-0.4, -0.2) is 77.6 Å². The van der Waals surface area contributed by atoms with Crippen LogP contribution in [0.5, 0.6) is 5.88 Å². The van der Waals surface area contributed by atoms with Crippen molar-refractivity contribution in [2.24, 2.45) is 0 Å². The predicted octanol–water partition coefficient (Wildman–Crippen LogP) is 2.21. The number of benzene rings is 1. The van der Waals surface area contributed by atoms with E-state index in [1.807, 2.05) is 18.2 Å². The largest absolute Gasteiger partial charge is 0.481 e. The van der Waals surface area contributed by atoms with Crippen molar-refractivity contribution in [3.8, 4) is 5.88 Å². The van der Waals surface area contributed by atoms with Gasteiger partial charge in [-0.25, -0.2) is 4.98 Å². The highest BCUT2D eigenvalue weighted by atomic mass is 32.2. The third kappa shape index (κ3) is 5.74. The number of nitrogens with one attached hydrogen (secondary N) is 2. The number of hydrogen-bond acceptors (Lipinski definition) is 9. The Labute approximate surface area is 208 Å². The van der Waals surface area contributed by atoms with Gasteiger partial charge in [-0.1, -0.05) is 6.07 Å². The average molecular weight is 496 g/mol. The topological polar surface area (TPSA) is 109 Å². The average Bonchev–Trinajstić information content (AvgIpc) is 2.88. The standard InChI is InChI=1S/C25H29N5O4S/c1-33-24-5-3-19-25(29-24)18(6-7-27-19)21(31)14-30-8-9-34-17(13-30)12-26-11-16-2-4-22-20(10-16)28-23(32)15-35-22/h2-7,10,17,21,26,31H,8-9,11-15H2,1H3,(H,28,32). The molecule has 35 heavy (non-hydrogen) atoms. The first-order valence-corrected chi connectivity index (χ1v) is 12.7. The van der Waals surface area contributed by atoms with Crippen LogP contribution in [0.1, 0.15) is 17.2 Å². The van der Waals surface area contributed by atoms with Crippen LogP contribution in [0.2, 0.25) is 0 Å². The van der Waals surface area contributed by atoms with Crippen LogP contribution >= 0.6 is 11.8 Å². The van der Waals surface area contributed by atoms with E-state index < -0.39 is 6.10 Å². The third-order valence-corrected chi connectivity index (χ3v) is 7.26. The normalized spacial score (nSPS) is 19.3. The van der Waals surface area contributed by atoms with E-state index >= 15 is 0 Å². The Kier molecular flexibility index (Phi) is 7.45. The summed E-state index contributed by atoms with van der Waals surface area (Å²) in [4.78, 5) is 23.8. The molecule has 2 atom stereocenters. The van der Waals surface area contributed by atoms with Crippen LogP contribution in [0.15, 0.2) is 47.5 Å². The van der Waals surface area contributed by atoms with Crippen molar-refractivity contribution >= 4 is 34.4 Å². The van der Waals surface area contributed by atoms with Crippen molar-refractivity contribution in [3.63, 3.8) is 0 Å². The molecule has 3 N–H and O–H groups in total. The van der Waals surface area contributed by atoms with Gasteiger partial charge in [-0.15, -0.1) is 11.8 Å². The maximum atomic E-state index is 11.6. The summed E-state index contributed by atoms with van der Waals surface area (Å²) in [6.45, 7) is 3.97. The number of fused-ring (bicyclic) bond motifs is 2. The molecule has 3 aromatic rings. The quantitative estimate of drug-likeness (QED) is 0.433. The van der Waals surface area contributed by atoms with E-state index in [0.29, 0.717) is 43.4 Å². The maximum absolute atomic E-state index is 11.6. The van der Waals surface area contributed by atoms with Gasteiger partial charge in [0.15, 0.2) is 0 Å². The zero-order chi connectivity index (χ0) is 24.2. The lowest BCUT2D eigenvalue weighted by atomic mass is 10.1. The van der Waals surface area contributed by atoms with E-state index in [4.69, 9.17) is 9.47 Å². The number of hydrogen-bond donors (Lipinski definition) is 3. The number of ether oxygens (including phenoxy) is 2. The molecular formula is C25H29N5O4S. The number of aliphatic hydroxyl groups excluding tert-OH is 1. The summed E-state index contributed by atoms with van der Waals surface area (Å²) in [6.07, 6.45) is 1.03. The minimum Gasteiger partial charge on any atom is -0.481 e. The van der Waals surface area contributed by atoms with Crippen LogP contribution in [0.4, 0.5) is 5.69 Å². The number of carbonyl (C=O) groups excluding carboxylic acids is 1. The molecule has 2 aliphatic rings. The molecule has 1 saturated heterocycles. The minimum atomic E-state index is -0.699. The molecule has 0 aliphatic carbocycles. The fourth-order valence-electron chi connectivity index (χ4n) is 4.44. The Morgan fingerprint density at radius 3 is 3.14 bits per heavy atom. The number of aliphatic hydroxyl groups is 1. The number of rotatable bonds is 8. The number of pyridine rings is 2. The number of carbonyl (C=O) groups is 1. The van der Waals surface area contributed by atoms with Gasteiger partial charge in [0.2, 0.25) is 11.8 Å². The molecule has 2 unspecified atom stereocenters. The van der Waals surface area contributed by atoms with E-state index in [2.05, 4.69) is 37.6 Å². The molecular weight excluding hydrogens is 466 g/mol. The molecule has 2 aromatic heterocycles. The molecule has 2 aliphatic heterocycles. The third-order valence-electron chi connectivity index (χ3n) is 6.19. The van der Waals surface area contributed by atoms with Crippen molar-refractivity contribution in [2.75, 3.05) is 51.0 Å². The number of thioether (sulfide) groups is 1. The molecule has 1 aromatic carbocycles. The molecule has 0 spiro atoms. The highest BCUT2D eigenvalue weighted by molar-refractivity contribution is 8.00. The molecule has 4 heterocycles. The number of amides is 1. The van der Waals surface area contributed by atoms with E-state index in [1.165, 1.54) is 0 Å². The van der Waals surface area contributed by atoms with Crippen molar-refractivity contribution in [1.82, 2.24) is 20.2 Å². The fraction of sp³-hybridized carbons (Fsp3) is 0.400. The molecule has 9 nitrogen and oxygen atoms in total. The SMILES string of the molecule is COc1ccc2nccc(C(O)CN3CCOC(CNCc4ccc5c(c4)NC(=O)CS5)C3)c2n1. The van der Waals surface area contributed by atoms with Gasteiger partial charge in [0, 0.05) is 55.4 Å². The van der Waals surface area contributed by atoms with Gasteiger partial charge >= 0.3 is 0 Å². The highest BCUT2D eigenvalue weighted by Crippen LogP contribution is 2.32. The van der Waals surface area contributed by atoms with Crippen molar-refractivity contribution in [2.45, 2.75) is 23.6 Å². The first-order chi connectivity index (χ1) is 17.1. The van der Waals surface area contributed by atoms with Crippen molar-refractivity contribution < 1.29 is 19.4 Å². The van der Waals surface area contributed by atoms with E-state index in [0.717, 1.165) is 40.3 Å². The van der Waals surface area contributed by atoms with Gasteiger partial charge in [0.05, 0.1) is 48.4 Å². The second-order valence-electron chi connectivity index (χ2n) is 8.69. The van der Waals surface area contributed by atoms with Gasteiger partial charge in [0.25, 0.3) is 0 Å². The summed E-state index contributed by atoms with van der Waals surface area (Å²) < 4.78 is 11.2. The summed E-state index contributed by atoms with van der Waals surface area (Å²) in [7, 11) is 1.57. The lowest BCUT2D eigenvalue weighted by Gasteiger charge is -2.34. The molecule has 1 amide bonds. The number of methoxy groups -OCH3 is 1. The smallest absolute Gasteiger partial charge is 0.234 e. The molecule has 0 bridgehead atoms. The Bertz CT molecular complexity index is 1210.